The molecule has 0 radical (unpaired) electrons. The van der Waals surface area contributed by atoms with E-state index in [0.717, 1.165) is 60.8 Å². The van der Waals surface area contributed by atoms with E-state index in [4.69, 9.17) is 24.5 Å². The second-order valence-corrected chi connectivity index (χ2v) is 11.7. The van der Waals surface area contributed by atoms with Crippen molar-refractivity contribution in [2.24, 2.45) is 0 Å². The lowest BCUT2D eigenvalue weighted by Gasteiger charge is -2.34. The summed E-state index contributed by atoms with van der Waals surface area (Å²) in [6.07, 6.45) is 4.90. The van der Waals surface area contributed by atoms with Gasteiger partial charge < -0.3 is 19.3 Å². The Morgan fingerprint density at radius 2 is 1.84 bits per heavy atom. The number of carbonyl (C=O) groups is 1. The van der Waals surface area contributed by atoms with Crippen LogP contribution in [-0.2, 0) is 9.47 Å². The second-order valence-electron chi connectivity index (χ2n) is 11.7. The van der Waals surface area contributed by atoms with Crippen LogP contribution in [0.5, 0.6) is 0 Å². The Morgan fingerprint density at radius 3 is 2.51 bits per heavy atom. The predicted octanol–water partition coefficient (Wildman–Crippen LogP) is 4.52. The number of fused-ring (bicyclic) bond motifs is 3. The molecule has 37 heavy (non-hydrogen) atoms. The molecule has 196 valence electrons. The third-order valence-corrected chi connectivity index (χ3v) is 7.76. The monoisotopic (exact) mass is 504 g/mol. The van der Waals surface area contributed by atoms with Crippen molar-refractivity contribution in [3.05, 3.63) is 41.3 Å². The maximum atomic E-state index is 12.5. The first-order valence-corrected chi connectivity index (χ1v) is 13.3. The van der Waals surface area contributed by atoms with Gasteiger partial charge in [-0.3, -0.25) is 0 Å². The summed E-state index contributed by atoms with van der Waals surface area (Å²) in [5, 5.41) is 5.83. The average Bonchev–Trinajstić information content (AvgIpc) is 3.58. The highest BCUT2D eigenvalue weighted by molar-refractivity contribution is 5.82. The Kier molecular flexibility index (Phi) is 5.86. The summed E-state index contributed by atoms with van der Waals surface area (Å²) in [4.78, 5) is 26.2. The standard InChI is InChI=1S/C28H36N6O3/c1-17-10-20-14-29-34(26-13-25(30-18(2)31-26)33-15-22-11-21(33)16-36-22)24(20)12-23(17)19-6-8-32(9-7-19)27(35)37-28(3,4)5/h10,12-14,19,21-22H,6-9,11,15-16H2,1-5H3/t21-,22-/m0/s1. The number of nitrogens with zero attached hydrogens (tertiary/aromatic N) is 6. The maximum absolute atomic E-state index is 12.5. The van der Waals surface area contributed by atoms with Crippen molar-refractivity contribution in [1.82, 2.24) is 24.6 Å². The first-order valence-electron chi connectivity index (χ1n) is 13.3. The van der Waals surface area contributed by atoms with Crippen molar-refractivity contribution in [1.29, 1.82) is 0 Å². The molecule has 1 aromatic carbocycles. The molecule has 1 amide bonds. The van der Waals surface area contributed by atoms with Gasteiger partial charge in [0.2, 0.25) is 0 Å². The highest BCUT2D eigenvalue weighted by Crippen LogP contribution is 2.35. The van der Waals surface area contributed by atoms with Gasteiger partial charge in [-0.1, -0.05) is 0 Å². The van der Waals surface area contributed by atoms with Crippen molar-refractivity contribution in [2.75, 3.05) is 31.1 Å². The fourth-order valence-corrected chi connectivity index (χ4v) is 6.00. The number of rotatable bonds is 3. The van der Waals surface area contributed by atoms with Gasteiger partial charge in [-0.15, -0.1) is 0 Å². The maximum Gasteiger partial charge on any atom is 0.410 e. The lowest BCUT2D eigenvalue weighted by atomic mass is 9.86. The van der Waals surface area contributed by atoms with Crippen LogP contribution < -0.4 is 4.90 Å². The summed E-state index contributed by atoms with van der Waals surface area (Å²) in [5.41, 5.74) is 3.15. The van der Waals surface area contributed by atoms with Crippen LogP contribution in [0.15, 0.2) is 24.4 Å². The van der Waals surface area contributed by atoms with Crippen molar-refractivity contribution >= 4 is 22.8 Å². The molecule has 2 aromatic heterocycles. The topological polar surface area (TPSA) is 85.6 Å². The van der Waals surface area contributed by atoms with Crippen LogP contribution in [0, 0.1) is 13.8 Å². The summed E-state index contributed by atoms with van der Waals surface area (Å²) in [6, 6.07) is 6.94. The molecule has 3 saturated heterocycles. The number of amides is 1. The summed E-state index contributed by atoms with van der Waals surface area (Å²) in [7, 11) is 0. The highest BCUT2D eigenvalue weighted by Gasteiger charge is 2.40. The fourth-order valence-electron chi connectivity index (χ4n) is 6.00. The first-order chi connectivity index (χ1) is 17.6. The Balaban J connectivity index is 1.26. The Labute approximate surface area is 217 Å². The van der Waals surface area contributed by atoms with E-state index >= 15 is 0 Å². The molecule has 3 fully saturated rings. The Hall–Kier alpha value is -3.20. The molecule has 9 nitrogen and oxygen atoms in total. The number of piperidine rings is 1. The molecule has 2 bridgehead atoms. The van der Waals surface area contributed by atoms with Gasteiger partial charge in [0.1, 0.15) is 17.2 Å². The van der Waals surface area contributed by atoms with Crippen molar-refractivity contribution in [3.63, 3.8) is 0 Å². The number of hydrogen-bond donors (Lipinski definition) is 0. The molecule has 0 spiro atoms. The van der Waals surface area contributed by atoms with E-state index in [2.05, 4.69) is 30.0 Å². The second kappa shape index (κ2) is 8.97. The van der Waals surface area contributed by atoms with Crippen LogP contribution >= 0.6 is 0 Å². The van der Waals surface area contributed by atoms with Gasteiger partial charge in [-0.05, 0) is 83.1 Å². The van der Waals surface area contributed by atoms with Crippen molar-refractivity contribution in [3.8, 4) is 5.82 Å². The van der Waals surface area contributed by atoms with E-state index in [1.165, 1.54) is 11.1 Å². The van der Waals surface area contributed by atoms with Crippen molar-refractivity contribution in [2.45, 2.75) is 77.5 Å². The first kappa shape index (κ1) is 24.2. The lowest BCUT2D eigenvalue weighted by molar-refractivity contribution is 0.0205. The van der Waals surface area contributed by atoms with Gasteiger partial charge in [0, 0.05) is 31.1 Å². The van der Waals surface area contributed by atoms with Crippen LogP contribution in [0.3, 0.4) is 0 Å². The number of morpholine rings is 1. The average molecular weight is 505 g/mol. The third-order valence-electron chi connectivity index (χ3n) is 7.76. The molecule has 0 aliphatic carbocycles. The van der Waals surface area contributed by atoms with Crippen LogP contribution in [0.2, 0.25) is 0 Å². The predicted molar refractivity (Wildman–Crippen MR) is 141 cm³/mol. The van der Waals surface area contributed by atoms with E-state index in [9.17, 15) is 4.79 Å². The van der Waals surface area contributed by atoms with Crippen LogP contribution in [0.4, 0.5) is 10.6 Å². The van der Waals surface area contributed by atoms with Crippen LogP contribution in [-0.4, -0.2) is 74.7 Å². The molecule has 5 heterocycles. The van der Waals surface area contributed by atoms with E-state index < -0.39 is 5.60 Å². The number of carbonyl (C=O) groups excluding carboxylic acids is 1. The summed E-state index contributed by atoms with van der Waals surface area (Å²) < 4.78 is 13.3. The molecule has 0 N–H and O–H groups in total. The molecule has 9 heteroatoms. The largest absolute Gasteiger partial charge is 0.444 e. The molecule has 3 aliphatic heterocycles. The third kappa shape index (κ3) is 4.65. The number of aryl methyl sites for hydroxylation is 2. The molecule has 3 aliphatic rings. The fraction of sp³-hybridized carbons (Fsp3) is 0.571. The van der Waals surface area contributed by atoms with Gasteiger partial charge in [0.25, 0.3) is 0 Å². The minimum Gasteiger partial charge on any atom is -0.444 e. The van der Waals surface area contributed by atoms with E-state index in [-0.39, 0.29) is 6.09 Å². The summed E-state index contributed by atoms with van der Waals surface area (Å²) >= 11 is 0. The molecule has 2 atom stereocenters. The van der Waals surface area contributed by atoms with Gasteiger partial charge in [0.15, 0.2) is 5.82 Å². The minimum absolute atomic E-state index is 0.219. The van der Waals surface area contributed by atoms with E-state index in [1.807, 2.05) is 43.5 Å². The van der Waals surface area contributed by atoms with Crippen LogP contribution in [0.25, 0.3) is 16.7 Å². The molecule has 6 rings (SSSR count). The number of benzene rings is 1. The van der Waals surface area contributed by atoms with Crippen molar-refractivity contribution < 1.29 is 14.3 Å². The number of likely N-dealkylation sites (tertiary alicyclic amines) is 1. The molecular weight excluding hydrogens is 468 g/mol. The van der Waals surface area contributed by atoms with Gasteiger partial charge in [-0.2, -0.15) is 5.10 Å². The highest BCUT2D eigenvalue weighted by atomic mass is 16.6. The zero-order valence-electron chi connectivity index (χ0n) is 22.4. The Bertz CT molecular complexity index is 1340. The SMILES string of the molecule is Cc1nc(N2C[C@@H]3C[C@H]2CO3)cc(-n2ncc3cc(C)c(C4CCN(C(=O)OC(C)(C)C)CC4)cc32)n1. The van der Waals surface area contributed by atoms with E-state index in [0.29, 0.717) is 31.2 Å². The Morgan fingerprint density at radius 1 is 1.08 bits per heavy atom. The lowest BCUT2D eigenvalue weighted by Crippen LogP contribution is -2.41. The van der Waals surface area contributed by atoms with E-state index in [1.54, 1.807) is 0 Å². The van der Waals surface area contributed by atoms with Gasteiger partial charge in [0.05, 0.1) is 30.5 Å². The molecule has 0 saturated carbocycles. The smallest absolute Gasteiger partial charge is 0.410 e. The molecule has 3 aromatic rings. The molecular formula is C28H36N6O3. The number of aromatic nitrogens is 4. The number of ether oxygens (including phenoxy) is 2. The zero-order valence-corrected chi connectivity index (χ0v) is 22.4. The minimum atomic E-state index is -0.477. The number of anilines is 1. The quantitative estimate of drug-likeness (QED) is 0.518. The van der Waals surface area contributed by atoms with Gasteiger partial charge >= 0.3 is 6.09 Å². The summed E-state index contributed by atoms with van der Waals surface area (Å²) in [6.45, 7) is 12.9. The van der Waals surface area contributed by atoms with Crippen LogP contribution in [0.1, 0.15) is 62.9 Å². The van der Waals surface area contributed by atoms with Gasteiger partial charge in [-0.25, -0.2) is 19.4 Å². The number of hydrogen-bond acceptors (Lipinski definition) is 7. The zero-order chi connectivity index (χ0) is 25.9. The molecule has 0 unspecified atom stereocenters. The summed E-state index contributed by atoms with van der Waals surface area (Å²) in [5.74, 6) is 2.86. The normalized spacial score (nSPS) is 22.3.